The number of benzene rings is 1. The van der Waals surface area contributed by atoms with Crippen LogP contribution in [0.15, 0.2) is 24.3 Å². The van der Waals surface area contributed by atoms with Gasteiger partial charge < -0.3 is 9.64 Å². The normalized spacial score (nSPS) is 12.8. The van der Waals surface area contributed by atoms with Gasteiger partial charge in [-0.1, -0.05) is 6.92 Å². The quantitative estimate of drug-likeness (QED) is 0.772. The van der Waals surface area contributed by atoms with Gasteiger partial charge in [0.1, 0.15) is 5.75 Å². The smallest absolute Gasteiger partial charge is 0.253 e. The zero-order valence-corrected chi connectivity index (χ0v) is 13.8. The Labute approximate surface area is 126 Å². The van der Waals surface area contributed by atoms with Crippen molar-refractivity contribution in [1.29, 1.82) is 0 Å². The molecule has 1 aromatic carbocycles. The van der Waals surface area contributed by atoms with Gasteiger partial charge in [-0.2, -0.15) is 0 Å². The van der Waals surface area contributed by atoms with Crippen molar-refractivity contribution in [2.75, 3.05) is 25.2 Å². The van der Waals surface area contributed by atoms with E-state index in [9.17, 15) is 13.2 Å². The van der Waals surface area contributed by atoms with Crippen molar-refractivity contribution >= 4 is 15.7 Å². The Balaban J connectivity index is 2.77. The zero-order valence-electron chi connectivity index (χ0n) is 13.0. The van der Waals surface area contributed by atoms with Crippen LogP contribution in [-0.4, -0.2) is 50.4 Å². The fourth-order valence-corrected chi connectivity index (χ4v) is 3.06. The molecule has 0 saturated carbocycles. The third-order valence-electron chi connectivity index (χ3n) is 3.33. The van der Waals surface area contributed by atoms with Crippen LogP contribution in [0.2, 0.25) is 0 Å². The Hall–Kier alpha value is -1.56. The molecule has 0 heterocycles. The molecule has 0 fully saturated rings. The molecule has 0 aromatic heterocycles. The van der Waals surface area contributed by atoms with Gasteiger partial charge in [0.2, 0.25) is 0 Å². The SMILES string of the molecule is CCOc1ccc(C(=O)N(C)C(C)CS(=O)(=O)CC)cc1. The molecule has 1 rings (SSSR count). The largest absolute Gasteiger partial charge is 0.494 e. The highest BCUT2D eigenvalue weighted by atomic mass is 32.2. The number of carbonyl (C=O) groups excluding carboxylic acids is 1. The fourth-order valence-electron chi connectivity index (χ4n) is 1.86. The average molecular weight is 313 g/mol. The van der Waals surface area contributed by atoms with E-state index < -0.39 is 9.84 Å². The predicted octanol–water partition coefficient (Wildman–Crippen LogP) is 1.98. The number of hydrogen-bond donors (Lipinski definition) is 0. The van der Waals surface area contributed by atoms with E-state index in [4.69, 9.17) is 4.74 Å². The van der Waals surface area contributed by atoms with Crippen molar-refractivity contribution in [3.63, 3.8) is 0 Å². The molecular weight excluding hydrogens is 290 g/mol. The molecule has 6 heteroatoms. The van der Waals surface area contributed by atoms with Crippen molar-refractivity contribution in [2.45, 2.75) is 26.8 Å². The minimum absolute atomic E-state index is 0.0250. The lowest BCUT2D eigenvalue weighted by Gasteiger charge is -2.24. The molecule has 0 spiro atoms. The summed E-state index contributed by atoms with van der Waals surface area (Å²) in [7, 11) is -1.49. The third-order valence-corrected chi connectivity index (χ3v) is 5.20. The lowest BCUT2D eigenvalue weighted by atomic mass is 10.2. The summed E-state index contributed by atoms with van der Waals surface area (Å²) in [6.07, 6.45) is 0. The lowest BCUT2D eigenvalue weighted by Crippen LogP contribution is -2.39. The highest BCUT2D eigenvalue weighted by Crippen LogP contribution is 2.14. The van der Waals surface area contributed by atoms with Crippen LogP contribution in [0, 0.1) is 0 Å². The Morgan fingerprint density at radius 1 is 1.24 bits per heavy atom. The molecule has 1 atom stereocenters. The monoisotopic (exact) mass is 313 g/mol. The molecular formula is C15H23NO4S. The second-order valence-electron chi connectivity index (χ2n) is 4.92. The zero-order chi connectivity index (χ0) is 16.0. The van der Waals surface area contributed by atoms with Gasteiger partial charge in [0.25, 0.3) is 5.91 Å². The van der Waals surface area contributed by atoms with Crippen LogP contribution in [0.25, 0.3) is 0 Å². The molecule has 1 aromatic rings. The summed E-state index contributed by atoms with van der Waals surface area (Å²) in [5.41, 5.74) is 0.515. The summed E-state index contributed by atoms with van der Waals surface area (Å²) in [4.78, 5) is 13.8. The van der Waals surface area contributed by atoms with Crippen LogP contribution in [0.3, 0.4) is 0 Å². The molecule has 118 valence electrons. The predicted molar refractivity (Wildman–Crippen MR) is 83.5 cm³/mol. The maximum absolute atomic E-state index is 12.3. The summed E-state index contributed by atoms with van der Waals surface area (Å²) in [5.74, 6) is 0.570. The maximum Gasteiger partial charge on any atom is 0.253 e. The van der Waals surface area contributed by atoms with E-state index in [1.807, 2.05) is 6.92 Å². The maximum atomic E-state index is 12.3. The summed E-state index contributed by atoms with van der Waals surface area (Å²) in [6.45, 7) is 5.80. The van der Waals surface area contributed by atoms with E-state index in [0.29, 0.717) is 17.9 Å². The Morgan fingerprint density at radius 3 is 2.29 bits per heavy atom. The van der Waals surface area contributed by atoms with Crippen LogP contribution in [0.5, 0.6) is 5.75 Å². The summed E-state index contributed by atoms with van der Waals surface area (Å²) < 4.78 is 28.6. The first-order chi connectivity index (χ1) is 9.80. The van der Waals surface area contributed by atoms with Gasteiger partial charge in [-0.3, -0.25) is 4.79 Å². The Bertz CT molecular complexity index is 566. The van der Waals surface area contributed by atoms with Gasteiger partial charge in [-0.05, 0) is 38.1 Å². The second kappa shape index (κ2) is 7.45. The van der Waals surface area contributed by atoms with Crippen LogP contribution < -0.4 is 4.74 Å². The lowest BCUT2D eigenvalue weighted by molar-refractivity contribution is 0.0757. The van der Waals surface area contributed by atoms with Crippen molar-refractivity contribution in [1.82, 2.24) is 4.90 Å². The first-order valence-electron chi connectivity index (χ1n) is 7.01. The van der Waals surface area contributed by atoms with Crippen molar-refractivity contribution in [3.8, 4) is 5.75 Å². The summed E-state index contributed by atoms with van der Waals surface area (Å²) in [5, 5.41) is 0. The van der Waals surface area contributed by atoms with E-state index in [0.717, 1.165) is 0 Å². The highest BCUT2D eigenvalue weighted by molar-refractivity contribution is 7.91. The molecule has 0 aliphatic heterocycles. The van der Waals surface area contributed by atoms with Crippen molar-refractivity contribution < 1.29 is 17.9 Å². The van der Waals surface area contributed by atoms with E-state index in [1.165, 1.54) is 4.90 Å². The third kappa shape index (κ3) is 5.04. The Kier molecular flexibility index (Phi) is 6.20. The number of sulfone groups is 1. The number of ether oxygens (including phenoxy) is 1. The second-order valence-corrected chi connectivity index (χ2v) is 7.32. The van der Waals surface area contributed by atoms with E-state index >= 15 is 0 Å². The van der Waals surface area contributed by atoms with Crippen LogP contribution in [0.1, 0.15) is 31.1 Å². The highest BCUT2D eigenvalue weighted by Gasteiger charge is 2.22. The molecule has 0 aliphatic carbocycles. The molecule has 1 unspecified atom stereocenters. The van der Waals surface area contributed by atoms with Crippen molar-refractivity contribution in [3.05, 3.63) is 29.8 Å². The average Bonchev–Trinajstić information content (AvgIpc) is 2.46. The number of carbonyl (C=O) groups is 1. The number of nitrogens with zero attached hydrogens (tertiary/aromatic N) is 1. The van der Waals surface area contributed by atoms with Gasteiger partial charge >= 0.3 is 0 Å². The van der Waals surface area contributed by atoms with Gasteiger partial charge in [0.15, 0.2) is 9.84 Å². The molecule has 21 heavy (non-hydrogen) atoms. The molecule has 1 amide bonds. The fraction of sp³-hybridized carbons (Fsp3) is 0.533. The number of rotatable bonds is 7. The number of hydrogen-bond acceptors (Lipinski definition) is 4. The first-order valence-corrected chi connectivity index (χ1v) is 8.83. The summed E-state index contributed by atoms with van der Waals surface area (Å²) >= 11 is 0. The molecule has 0 bridgehead atoms. The molecule has 5 nitrogen and oxygen atoms in total. The van der Waals surface area contributed by atoms with Gasteiger partial charge in [-0.25, -0.2) is 8.42 Å². The van der Waals surface area contributed by atoms with E-state index in [-0.39, 0.29) is 23.5 Å². The standard InChI is InChI=1S/C15H23NO4S/c1-5-20-14-9-7-13(8-10-14)15(17)16(4)12(3)11-21(18,19)6-2/h7-10,12H,5-6,11H2,1-4H3. The molecule has 0 radical (unpaired) electrons. The molecule has 0 saturated heterocycles. The topological polar surface area (TPSA) is 63.7 Å². The number of amides is 1. The van der Waals surface area contributed by atoms with Crippen molar-refractivity contribution in [2.24, 2.45) is 0 Å². The van der Waals surface area contributed by atoms with Crippen LogP contribution in [-0.2, 0) is 9.84 Å². The Morgan fingerprint density at radius 2 is 1.81 bits per heavy atom. The van der Waals surface area contributed by atoms with Crippen LogP contribution >= 0.6 is 0 Å². The van der Waals surface area contributed by atoms with E-state index in [1.54, 1.807) is 45.2 Å². The first kappa shape index (κ1) is 17.5. The van der Waals surface area contributed by atoms with Gasteiger partial charge in [0, 0.05) is 24.4 Å². The molecule has 0 N–H and O–H groups in total. The van der Waals surface area contributed by atoms with Gasteiger partial charge in [0.05, 0.1) is 12.4 Å². The van der Waals surface area contributed by atoms with Crippen LogP contribution in [0.4, 0.5) is 0 Å². The van der Waals surface area contributed by atoms with E-state index in [2.05, 4.69) is 0 Å². The molecule has 0 aliphatic rings. The minimum atomic E-state index is -3.11. The minimum Gasteiger partial charge on any atom is -0.494 e. The summed E-state index contributed by atoms with van der Waals surface area (Å²) in [6, 6.07) is 6.47. The van der Waals surface area contributed by atoms with Gasteiger partial charge in [-0.15, -0.1) is 0 Å².